The van der Waals surface area contributed by atoms with Crippen molar-refractivity contribution < 1.29 is 0 Å². The van der Waals surface area contributed by atoms with E-state index in [0.29, 0.717) is 6.04 Å². The van der Waals surface area contributed by atoms with Crippen molar-refractivity contribution in [1.82, 2.24) is 4.90 Å². The summed E-state index contributed by atoms with van der Waals surface area (Å²) in [7, 11) is 0. The molecule has 0 aromatic rings. The average molecular weight is 210 g/mol. The fourth-order valence-electron chi connectivity index (χ4n) is 3.41. The molecule has 1 unspecified atom stereocenters. The second-order valence-corrected chi connectivity index (χ2v) is 5.30. The first-order valence-corrected chi connectivity index (χ1v) is 6.86. The number of nitrogens with zero attached hydrogens (tertiary/aromatic N) is 1. The molecule has 0 radical (unpaired) electrons. The van der Waals surface area contributed by atoms with Gasteiger partial charge in [-0.25, -0.2) is 0 Å². The quantitative estimate of drug-likeness (QED) is 0.775. The fourth-order valence-corrected chi connectivity index (χ4v) is 3.41. The molecule has 1 heterocycles. The van der Waals surface area contributed by atoms with Gasteiger partial charge in [-0.2, -0.15) is 0 Å². The van der Waals surface area contributed by atoms with Crippen LogP contribution in [0, 0.1) is 5.92 Å². The van der Waals surface area contributed by atoms with E-state index in [2.05, 4.69) is 4.90 Å². The van der Waals surface area contributed by atoms with E-state index in [1.807, 2.05) is 0 Å². The topological polar surface area (TPSA) is 29.3 Å². The van der Waals surface area contributed by atoms with Crippen LogP contribution in [0.2, 0.25) is 0 Å². The van der Waals surface area contributed by atoms with Crippen LogP contribution in [0.1, 0.15) is 51.4 Å². The van der Waals surface area contributed by atoms with E-state index in [1.54, 1.807) is 0 Å². The molecule has 15 heavy (non-hydrogen) atoms. The monoisotopic (exact) mass is 210 g/mol. The first-order valence-electron chi connectivity index (χ1n) is 6.86. The van der Waals surface area contributed by atoms with Gasteiger partial charge in [-0.15, -0.1) is 0 Å². The highest BCUT2D eigenvalue weighted by molar-refractivity contribution is 4.84. The zero-order chi connectivity index (χ0) is 10.5. The molecule has 1 saturated carbocycles. The minimum Gasteiger partial charge on any atom is -0.329 e. The highest BCUT2D eigenvalue weighted by atomic mass is 15.2. The molecular formula is C13H26N2. The second-order valence-electron chi connectivity index (χ2n) is 5.30. The lowest BCUT2D eigenvalue weighted by molar-refractivity contribution is 0.152. The van der Waals surface area contributed by atoms with Crippen LogP contribution in [0.4, 0.5) is 0 Å². The lowest BCUT2D eigenvalue weighted by Gasteiger charge is -2.34. The summed E-state index contributed by atoms with van der Waals surface area (Å²) in [6.45, 7) is 3.49. The normalized spacial score (nSPS) is 27.8. The molecule has 2 heteroatoms. The smallest absolute Gasteiger partial charge is 0.0246 e. The van der Waals surface area contributed by atoms with E-state index in [1.165, 1.54) is 64.5 Å². The molecule has 2 nitrogen and oxygen atoms in total. The maximum absolute atomic E-state index is 5.99. The summed E-state index contributed by atoms with van der Waals surface area (Å²) in [5.41, 5.74) is 5.99. The Morgan fingerprint density at radius 3 is 2.07 bits per heavy atom. The third kappa shape index (κ3) is 2.94. The lowest BCUT2D eigenvalue weighted by Crippen LogP contribution is -2.45. The van der Waals surface area contributed by atoms with Crippen molar-refractivity contribution in [2.24, 2.45) is 11.7 Å². The van der Waals surface area contributed by atoms with Crippen LogP contribution >= 0.6 is 0 Å². The van der Waals surface area contributed by atoms with Crippen molar-refractivity contribution in [3.8, 4) is 0 Å². The summed E-state index contributed by atoms with van der Waals surface area (Å²) in [5, 5.41) is 0. The molecule has 1 aliphatic heterocycles. The van der Waals surface area contributed by atoms with Crippen LogP contribution in [0.5, 0.6) is 0 Å². The van der Waals surface area contributed by atoms with E-state index in [9.17, 15) is 0 Å². The standard InChI is InChI=1S/C13H26N2/c14-11-13(12-7-3-4-8-12)15-9-5-1-2-6-10-15/h12-13H,1-11,14H2. The summed E-state index contributed by atoms with van der Waals surface area (Å²) >= 11 is 0. The van der Waals surface area contributed by atoms with Gasteiger partial charge in [0.05, 0.1) is 0 Å². The van der Waals surface area contributed by atoms with Crippen molar-refractivity contribution in [2.75, 3.05) is 19.6 Å². The third-order valence-corrected chi connectivity index (χ3v) is 4.30. The molecule has 1 saturated heterocycles. The van der Waals surface area contributed by atoms with E-state index in [-0.39, 0.29) is 0 Å². The molecule has 2 aliphatic rings. The van der Waals surface area contributed by atoms with Crippen LogP contribution in [-0.4, -0.2) is 30.6 Å². The predicted molar refractivity (Wildman–Crippen MR) is 64.8 cm³/mol. The Bertz CT molecular complexity index is 167. The minimum atomic E-state index is 0.700. The van der Waals surface area contributed by atoms with Gasteiger partial charge in [0.2, 0.25) is 0 Å². The maximum Gasteiger partial charge on any atom is 0.0246 e. The van der Waals surface area contributed by atoms with Crippen molar-refractivity contribution in [3.63, 3.8) is 0 Å². The summed E-state index contributed by atoms with van der Waals surface area (Å²) in [5.74, 6) is 0.910. The predicted octanol–water partition coefficient (Wildman–Crippen LogP) is 2.38. The second kappa shape index (κ2) is 5.86. The van der Waals surface area contributed by atoms with Gasteiger partial charge in [0, 0.05) is 12.6 Å². The Kier molecular flexibility index (Phi) is 4.45. The number of nitrogens with two attached hydrogens (primary N) is 1. The van der Waals surface area contributed by atoms with Crippen molar-refractivity contribution in [3.05, 3.63) is 0 Å². The molecule has 0 aromatic carbocycles. The van der Waals surface area contributed by atoms with Crippen LogP contribution in [0.25, 0.3) is 0 Å². The average Bonchev–Trinajstić information content (AvgIpc) is 2.63. The molecule has 1 aliphatic carbocycles. The first-order chi connectivity index (χ1) is 7.42. The van der Waals surface area contributed by atoms with Crippen molar-refractivity contribution in [1.29, 1.82) is 0 Å². The van der Waals surface area contributed by atoms with Gasteiger partial charge in [-0.1, -0.05) is 25.7 Å². The van der Waals surface area contributed by atoms with Crippen LogP contribution in [-0.2, 0) is 0 Å². The molecule has 0 aromatic heterocycles. The minimum absolute atomic E-state index is 0.700. The molecule has 1 atom stereocenters. The van der Waals surface area contributed by atoms with Gasteiger partial charge < -0.3 is 5.73 Å². The number of rotatable bonds is 3. The zero-order valence-corrected chi connectivity index (χ0v) is 9.96. The van der Waals surface area contributed by atoms with Gasteiger partial charge in [0.1, 0.15) is 0 Å². The Balaban J connectivity index is 1.91. The summed E-state index contributed by atoms with van der Waals surface area (Å²) in [4.78, 5) is 2.70. The Hall–Kier alpha value is -0.0800. The largest absolute Gasteiger partial charge is 0.329 e. The zero-order valence-electron chi connectivity index (χ0n) is 9.96. The Morgan fingerprint density at radius 1 is 0.933 bits per heavy atom. The molecule has 0 amide bonds. The van der Waals surface area contributed by atoms with Gasteiger partial charge >= 0.3 is 0 Å². The summed E-state index contributed by atoms with van der Waals surface area (Å²) in [6, 6.07) is 0.700. The molecule has 2 N–H and O–H groups in total. The van der Waals surface area contributed by atoms with Crippen molar-refractivity contribution >= 4 is 0 Å². The van der Waals surface area contributed by atoms with Crippen LogP contribution in [0.15, 0.2) is 0 Å². The molecular weight excluding hydrogens is 184 g/mol. The van der Waals surface area contributed by atoms with Gasteiger partial charge in [0.15, 0.2) is 0 Å². The number of hydrogen-bond donors (Lipinski definition) is 1. The van der Waals surface area contributed by atoms with Gasteiger partial charge in [-0.3, -0.25) is 4.90 Å². The van der Waals surface area contributed by atoms with Gasteiger partial charge in [0.25, 0.3) is 0 Å². The lowest BCUT2D eigenvalue weighted by atomic mass is 9.96. The molecule has 2 fully saturated rings. The number of hydrogen-bond acceptors (Lipinski definition) is 2. The molecule has 88 valence electrons. The maximum atomic E-state index is 5.99. The SMILES string of the molecule is NCC(C1CCCC1)N1CCCCCC1. The van der Waals surface area contributed by atoms with Crippen LogP contribution < -0.4 is 5.73 Å². The first kappa shape index (κ1) is 11.4. The van der Waals surface area contributed by atoms with E-state index >= 15 is 0 Å². The molecule has 0 spiro atoms. The van der Waals surface area contributed by atoms with Gasteiger partial charge in [-0.05, 0) is 44.7 Å². The highest BCUT2D eigenvalue weighted by Gasteiger charge is 2.28. The highest BCUT2D eigenvalue weighted by Crippen LogP contribution is 2.30. The number of likely N-dealkylation sites (tertiary alicyclic amines) is 1. The van der Waals surface area contributed by atoms with E-state index in [4.69, 9.17) is 5.73 Å². The summed E-state index contributed by atoms with van der Waals surface area (Å²) < 4.78 is 0. The van der Waals surface area contributed by atoms with Crippen LogP contribution in [0.3, 0.4) is 0 Å². The Labute approximate surface area is 94.2 Å². The third-order valence-electron chi connectivity index (χ3n) is 4.30. The van der Waals surface area contributed by atoms with Crippen molar-refractivity contribution in [2.45, 2.75) is 57.4 Å². The van der Waals surface area contributed by atoms with E-state index in [0.717, 1.165) is 12.5 Å². The molecule has 0 bridgehead atoms. The Morgan fingerprint density at radius 2 is 1.53 bits per heavy atom. The van der Waals surface area contributed by atoms with E-state index < -0.39 is 0 Å². The fraction of sp³-hybridized carbons (Fsp3) is 1.00. The molecule has 2 rings (SSSR count). The summed E-state index contributed by atoms with van der Waals surface area (Å²) in [6.07, 6.45) is 11.4.